The smallest absolute Gasteiger partial charge is 0.407 e. The lowest BCUT2D eigenvalue weighted by molar-refractivity contribution is -0.385. The minimum atomic E-state index is -4.19. The second-order valence-corrected chi connectivity index (χ2v) is 9.31. The number of hydrogen-bond donors (Lipinski definition) is 2. The fourth-order valence-electron chi connectivity index (χ4n) is 3.36. The Kier molecular flexibility index (Phi) is 5.09. The van der Waals surface area contributed by atoms with Crippen molar-refractivity contribution in [3.8, 4) is 11.1 Å². The highest BCUT2D eigenvalue weighted by atomic mass is 32.2. The number of nitro groups is 1. The fraction of sp³-hybridized carbons (Fsp3) is 0.412. The molecule has 1 aromatic carbocycles. The lowest BCUT2D eigenvalue weighted by Gasteiger charge is -2.46. The van der Waals surface area contributed by atoms with Crippen molar-refractivity contribution in [2.24, 2.45) is 16.5 Å². The molecule has 11 nitrogen and oxygen atoms in total. The summed E-state index contributed by atoms with van der Waals surface area (Å²) >= 11 is 0. The molecule has 1 aliphatic rings. The van der Waals surface area contributed by atoms with Gasteiger partial charge >= 0.3 is 6.09 Å². The first-order chi connectivity index (χ1) is 13.4. The van der Waals surface area contributed by atoms with Crippen molar-refractivity contribution in [1.29, 1.82) is 0 Å². The number of primary sulfonamides is 1. The molecule has 156 valence electrons. The van der Waals surface area contributed by atoms with Crippen molar-refractivity contribution in [3.05, 3.63) is 40.7 Å². The quantitative estimate of drug-likeness (QED) is 0.528. The summed E-state index contributed by atoms with van der Waals surface area (Å²) in [6.45, 7) is 5.42. The molecule has 1 fully saturated rings. The number of nitro benzene ring substituents is 1. The molecule has 0 spiro atoms. The number of carboxylic acid groups (broad SMARTS) is 1. The predicted molar refractivity (Wildman–Crippen MR) is 103 cm³/mol. The molecule has 3 N–H and O–H groups in total. The van der Waals surface area contributed by atoms with Crippen LogP contribution in [0.3, 0.4) is 0 Å². The highest BCUT2D eigenvalue weighted by Crippen LogP contribution is 2.36. The van der Waals surface area contributed by atoms with Crippen LogP contribution in [0, 0.1) is 21.4 Å². The Labute approximate surface area is 166 Å². The maximum Gasteiger partial charge on any atom is 0.407 e. The van der Waals surface area contributed by atoms with E-state index in [1.54, 1.807) is 10.9 Å². The minimum Gasteiger partial charge on any atom is -0.465 e. The number of rotatable bonds is 6. The van der Waals surface area contributed by atoms with Crippen molar-refractivity contribution < 1.29 is 23.2 Å². The zero-order chi connectivity index (χ0) is 21.6. The van der Waals surface area contributed by atoms with Crippen LogP contribution in [0.25, 0.3) is 11.1 Å². The van der Waals surface area contributed by atoms with Gasteiger partial charge in [-0.15, -0.1) is 0 Å². The van der Waals surface area contributed by atoms with Gasteiger partial charge in [0.2, 0.25) is 10.0 Å². The van der Waals surface area contributed by atoms with Crippen molar-refractivity contribution in [1.82, 2.24) is 14.7 Å². The molecule has 0 saturated carbocycles. The number of sulfonamides is 1. The van der Waals surface area contributed by atoms with Crippen LogP contribution in [0.1, 0.15) is 13.8 Å². The van der Waals surface area contributed by atoms with Crippen molar-refractivity contribution in [2.45, 2.75) is 25.3 Å². The normalized spacial score (nSPS) is 15.2. The standard InChI is InChI=1S/C17H21N5O6S/c1-17(2,12-8-20(9-12)16(23)24)10-21-7-11(6-19-21)14-4-3-13(22(25)26)5-15(14)29(18,27)28/h3-7,12H,8-10H2,1-2H3,(H,23,24)(H2,18,27,28). The van der Waals surface area contributed by atoms with Crippen LogP contribution in [-0.2, 0) is 16.6 Å². The number of nitrogens with zero attached hydrogens (tertiary/aromatic N) is 4. The Balaban J connectivity index is 1.85. The largest absolute Gasteiger partial charge is 0.465 e. The van der Waals surface area contributed by atoms with Crippen molar-refractivity contribution in [3.63, 3.8) is 0 Å². The number of nitrogens with two attached hydrogens (primary N) is 1. The molecule has 3 rings (SSSR count). The van der Waals surface area contributed by atoms with Gasteiger partial charge in [0.15, 0.2) is 0 Å². The third-order valence-corrected chi connectivity index (χ3v) is 6.20. The molecule has 0 bridgehead atoms. The number of likely N-dealkylation sites (tertiary alicyclic amines) is 1. The van der Waals surface area contributed by atoms with Gasteiger partial charge in [-0.25, -0.2) is 18.4 Å². The van der Waals surface area contributed by atoms with Gasteiger partial charge in [-0.2, -0.15) is 5.10 Å². The highest BCUT2D eigenvalue weighted by molar-refractivity contribution is 7.89. The molecule has 12 heteroatoms. The van der Waals surface area contributed by atoms with Gasteiger partial charge in [0.1, 0.15) is 0 Å². The molecule has 29 heavy (non-hydrogen) atoms. The maximum absolute atomic E-state index is 11.9. The van der Waals surface area contributed by atoms with Gasteiger partial charge in [0, 0.05) is 55.0 Å². The zero-order valence-corrected chi connectivity index (χ0v) is 16.7. The number of aromatic nitrogens is 2. The monoisotopic (exact) mass is 423 g/mol. The van der Waals surface area contributed by atoms with E-state index in [2.05, 4.69) is 5.10 Å². The first kappa shape index (κ1) is 20.7. The van der Waals surface area contributed by atoms with E-state index in [4.69, 9.17) is 10.2 Å². The van der Waals surface area contributed by atoms with Gasteiger partial charge in [0.05, 0.1) is 16.0 Å². The SMILES string of the molecule is CC(C)(Cn1cc(-c2ccc([N+](=O)[O-])cc2S(N)(=O)=O)cn1)C1CN(C(=O)O)C1. The van der Waals surface area contributed by atoms with E-state index in [1.165, 1.54) is 23.2 Å². The van der Waals surface area contributed by atoms with Crippen LogP contribution in [0.2, 0.25) is 0 Å². The zero-order valence-electron chi connectivity index (χ0n) is 15.8. The van der Waals surface area contributed by atoms with E-state index < -0.39 is 21.0 Å². The highest BCUT2D eigenvalue weighted by Gasteiger charge is 2.41. The first-order valence-corrected chi connectivity index (χ1v) is 10.2. The van der Waals surface area contributed by atoms with Crippen LogP contribution in [0.4, 0.5) is 10.5 Å². The van der Waals surface area contributed by atoms with Crippen LogP contribution in [0.5, 0.6) is 0 Å². The minimum absolute atomic E-state index is 0.172. The molecule has 0 radical (unpaired) electrons. The van der Waals surface area contributed by atoms with Gasteiger partial charge in [-0.1, -0.05) is 13.8 Å². The molecule has 0 unspecified atom stereocenters. The molecular formula is C17H21N5O6S. The van der Waals surface area contributed by atoms with Crippen LogP contribution < -0.4 is 5.14 Å². The predicted octanol–water partition coefficient (Wildman–Crippen LogP) is 1.74. The molecule has 0 atom stereocenters. The summed E-state index contributed by atoms with van der Waals surface area (Å²) in [5.74, 6) is 0.172. The third kappa shape index (κ3) is 4.22. The Hall–Kier alpha value is -2.99. The third-order valence-electron chi connectivity index (χ3n) is 5.25. The number of hydrogen-bond acceptors (Lipinski definition) is 6. The lowest BCUT2D eigenvalue weighted by Crippen LogP contribution is -2.55. The van der Waals surface area contributed by atoms with Crippen molar-refractivity contribution >= 4 is 21.8 Å². The van der Waals surface area contributed by atoms with E-state index in [9.17, 15) is 23.3 Å². The summed E-state index contributed by atoms with van der Waals surface area (Å²) < 4.78 is 25.5. The molecule has 1 aromatic heterocycles. The molecule has 1 saturated heterocycles. The Morgan fingerprint density at radius 3 is 2.62 bits per heavy atom. The van der Waals surface area contributed by atoms with Gasteiger partial charge < -0.3 is 10.0 Å². The van der Waals surface area contributed by atoms with E-state index >= 15 is 0 Å². The van der Waals surface area contributed by atoms with Gasteiger partial charge in [-0.05, 0) is 11.5 Å². The average Bonchev–Trinajstić information content (AvgIpc) is 2.98. The second-order valence-electron chi connectivity index (χ2n) is 7.78. The van der Waals surface area contributed by atoms with E-state index in [1.807, 2.05) is 13.8 Å². The van der Waals surface area contributed by atoms with E-state index in [0.29, 0.717) is 25.2 Å². The molecular weight excluding hydrogens is 402 g/mol. The summed E-state index contributed by atoms with van der Waals surface area (Å²) in [6.07, 6.45) is 2.17. The number of amides is 1. The summed E-state index contributed by atoms with van der Waals surface area (Å²) in [5, 5.41) is 29.5. The van der Waals surface area contributed by atoms with Crippen molar-refractivity contribution in [2.75, 3.05) is 13.1 Å². The summed E-state index contributed by atoms with van der Waals surface area (Å²) in [5.41, 5.74) is 0.0654. The average molecular weight is 423 g/mol. The number of carbonyl (C=O) groups is 1. The second kappa shape index (κ2) is 7.12. The summed E-state index contributed by atoms with van der Waals surface area (Å²) in [6, 6.07) is 3.47. The number of non-ortho nitro benzene ring substituents is 1. The maximum atomic E-state index is 11.9. The summed E-state index contributed by atoms with van der Waals surface area (Å²) in [4.78, 5) is 22.2. The van der Waals surface area contributed by atoms with Gasteiger partial charge in [-0.3, -0.25) is 14.8 Å². The molecule has 2 aromatic rings. The molecule has 0 aliphatic carbocycles. The van der Waals surface area contributed by atoms with Crippen LogP contribution >= 0.6 is 0 Å². The summed E-state index contributed by atoms with van der Waals surface area (Å²) in [7, 11) is -4.19. The topological polar surface area (TPSA) is 162 Å². The Morgan fingerprint density at radius 1 is 1.41 bits per heavy atom. The van der Waals surface area contributed by atoms with Crippen LogP contribution in [0.15, 0.2) is 35.5 Å². The first-order valence-electron chi connectivity index (χ1n) is 8.70. The Bertz CT molecular complexity index is 1070. The number of benzene rings is 1. The lowest BCUT2D eigenvalue weighted by atomic mass is 9.74. The fourth-order valence-corrected chi connectivity index (χ4v) is 4.14. The van der Waals surface area contributed by atoms with E-state index in [-0.39, 0.29) is 27.5 Å². The Morgan fingerprint density at radius 2 is 2.07 bits per heavy atom. The van der Waals surface area contributed by atoms with Crippen LogP contribution in [-0.4, -0.2) is 52.3 Å². The van der Waals surface area contributed by atoms with Gasteiger partial charge in [0.25, 0.3) is 5.69 Å². The molecule has 2 heterocycles. The molecule has 1 amide bonds. The molecule has 1 aliphatic heterocycles. The van der Waals surface area contributed by atoms with E-state index in [0.717, 1.165) is 6.07 Å².